The second-order valence-electron chi connectivity index (χ2n) is 7.70. The quantitative estimate of drug-likeness (QED) is 0.851. The molecule has 1 aliphatic rings. The number of carbonyl (C=O) groups excluding carboxylic acids is 2. The van der Waals surface area contributed by atoms with Crippen molar-refractivity contribution < 1.29 is 14.0 Å². The molecular formula is C23H27FN2O2. The summed E-state index contributed by atoms with van der Waals surface area (Å²) in [6.45, 7) is 4.49. The first-order valence-corrected chi connectivity index (χ1v) is 9.72. The molecule has 1 N–H and O–H groups in total. The molecule has 148 valence electrons. The molecule has 0 radical (unpaired) electrons. The molecule has 28 heavy (non-hydrogen) atoms. The molecule has 3 atom stereocenters. The number of likely N-dealkylation sites (tertiary alicyclic amines) is 1. The van der Waals surface area contributed by atoms with E-state index in [1.807, 2.05) is 38.1 Å². The van der Waals surface area contributed by atoms with Crippen LogP contribution >= 0.6 is 0 Å². The molecule has 2 amide bonds. The van der Waals surface area contributed by atoms with Crippen LogP contribution in [-0.4, -0.2) is 30.3 Å². The smallest absolute Gasteiger partial charge is 0.225 e. The molecule has 2 aromatic carbocycles. The molecule has 1 aliphatic heterocycles. The maximum absolute atomic E-state index is 13.1. The molecule has 3 rings (SSSR count). The zero-order chi connectivity index (χ0) is 20.3. The molecule has 2 aromatic rings. The van der Waals surface area contributed by atoms with Gasteiger partial charge in [-0.25, -0.2) is 4.39 Å². The predicted molar refractivity (Wildman–Crippen MR) is 107 cm³/mol. The van der Waals surface area contributed by atoms with Gasteiger partial charge in [-0.1, -0.05) is 48.9 Å². The van der Waals surface area contributed by atoms with E-state index in [0.717, 1.165) is 16.7 Å². The zero-order valence-electron chi connectivity index (χ0n) is 16.6. The average molecular weight is 382 g/mol. The fourth-order valence-corrected chi connectivity index (χ4v) is 3.83. The van der Waals surface area contributed by atoms with E-state index in [1.165, 1.54) is 12.1 Å². The lowest BCUT2D eigenvalue weighted by Crippen LogP contribution is -2.46. The van der Waals surface area contributed by atoms with Gasteiger partial charge < -0.3 is 10.2 Å². The number of piperidine rings is 1. The van der Waals surface area contributed by atoms with Crippen LogP contribution in [0.1, 0.15) is 48.4 Å². The number of nitrogens with zero attached hydrogens (tertiary/aromatic N) is 1. The summed E-state index contributed by atoms with van der Waals surface area (Å²) in [6.07, 6.45) is 0.920. The van der Waals surface area contributed by atoms with Gasteiger partial charge in [0.15, 0.2) is 0 Å². The Bertz CT molecular complexity index is 833. The Kier molecular flexibility index (Phi) is 6.12. The Morgan fingerprint density at radius 1 is 1.18 bits per heavy atom. The standard InChI is InChI=1S/C23H27FN2O2/c1-15-4-6-18(7-5-15)22-20(12-13-21(27)26(22)3)23(28)25-14-16(2)17-8-10-19(24)11-9-17/h4-11,16,20,22H,12-14H2,1-3H3,(H,25,28). The summed E-state index contributed by atoms with van der Waals surface area (Å²) in [4.78, 5) is 26.9. The summed E-state index contributed by atoms with van der Waals surface area (Å²) < 4.78 is 13.1. The minimum atomic E-state index is -0.286. The molecule has 1 heterocycles. The molecule has 0 bridgehead atoms. The van der Waals surface area contributed by atoms with E-state index in [-0.39, 0.29) is 35.5 Å². The van der Waals surface area contributed by atoms with Gasteiger partial charge in [-0.2, -0.15) is 0 Å². The lowest BCUT2D eigenvalue weighted by Gasteiger charge is -2.38. The first-order valence-electron chi connectivity index (χ1n) is 9.72. The van der Waals surface area contributed by atoms with E-state index < -0.39 is 0 Å². The van der Waals surface area contributed by atoms with E-state index in [0.29, 0.717) is 19.4 Å². The van der Waals surface area contributed by atoms with Gasteiger partial charge >= 0.3 is 0 Å². The first-order chi connectivity index (χ1) is 13.4. The van der Waals surface area contributed by atoms with E-state index >= 15 is 0 Å². The number of carbonyl (C=O) groups is 2. The molecule has 4 nitrogen and oxygen atoms in total. The third kappa shape index (κ3) is 4.41. The summed E-state index contributed by atoms with van der Waals surface area (Å²) >= 11 is 0. The van der Waals surface area contributed by atoms with Gasteiger partial charge in [-0.05, 0) is 42.5 Å². The van der Waals surface area contributed by atoms with Crippen LogP contribution in [0.5, 0.6) is 0 Å². The molecule has 1 fully saturated rings. The van der Waals surface area contributed by atoms with Crippen LogP contribution in [0.4, 0.5) is 4.39 Å². The highest BCUT2D eigenvalue weighted by molar-refractivity contribution is 5.85. The highest BCUT2D eigenvalue weighted by atomic mass is 19.1. The van der Waals surface area contributed by atoms with E-state index in [4.69, 9.17) is 0 Å². The zero-order valence-corrected chi connectivity index (χ0v) is 16.6. The largest absolute Gasteiger partial charge is 0.355 e. The van der Waals surface area contributed by atoms with Crippen molar-refractivity contribution in [2.75, 3.05) is 13.6 Å². The van der Waals surface area contributed by atoms with E-state index in [1.54, 1.807) is 24.1 Å². The van der Waals surface area contributed by atoms with Crippen LogP contribution in [0.25, 0.3) is 0 Å². The van der Waals surface area contributed by atoms with Crippen LogP contribution in [-0.2, 0) is 9.59 Å². The minimum Gasteiger partial charge on any atom is -0.355 e. The number of rotatable bonds is 5. The maximum Gasteiger partial charge on any atom is 0.225 e. The van der Waals surface area contributed by atoms with Crippen molar-refractivity contribution in [2.24, 2.45) is 5.92 Å². The molecule has 0 spiro atoms. The number of hydrogen-bond donors (Lipinski definition) is 1. The minimum absolute atomic E-state index is 0.0427. The number of amides is 2. The van der Waals surface area contributed by atoms with Crippen LogP contribution in [0, 0.1) is 18.7 Å². The summed E-state index contributed by atoms with van der Waals surface area (Å²) in [5.41, 5.74) is 3.10. The van der Waals surface area contributed by atoms with Crippen molar-refractivity contribution in [2.45, 2.75) is 38.6 Å². The van der Waals surface area contributed by atoms with Crippen LogP contribution in [0.3, 0.4) is 0 Å². The highest BCUT2D eigenvalue weighted by Crippen LogP contribution is 2.36. The molecule has 0 aromatic heterocycles. The second kappa shape index (κ2) is 8.55. The number of hydrogen-bond acceptors (Lipinski definition) is 2. The molecule has 0 saturated carbocycles. The Morgan fingerprint density at radius 3 is 2.46 bits per heavy atom. The van der Waals surface area contributed by atoms with Crippen molar-refractivity contribution >= 4 is 11.8 Å². The number of nitrogens with one attached hydrogen (secondary N) is 1. The van der Waals surface area contributed by atoms with Crippen molar-refractivity contribution in [1.29, 1.82) is 0 Å². The normalized spacial score (nSPS) is 20.7. The molecular weight excluding hydrogens is 355 g/mol. The Balaban J connectivity index is 1.71. The van der Waals surface area contributed by atoms with Gasteiger partial charge in [0, 0.05) is 20.0 Å². The Labute approximate surface area is 165 Å². The predicted octanol–water partition coefficient (Wildman–Crippen LogP) is 3.96. The Hall–Kier alpha value is -2.69. The summed E-state index contributed by atoms with van der Waals surface area (Å²) in [5.74, 6) is -0.458. The third-order valence-corrected chi connectivity index (χ3v) is 5.64. The number of aryl methyl sites for hydroxylation is 1. The number of benzene rings is 2. The maximum atomic E-state index is 13.1. The van der Waals surface area contributed by atoms with Crippen molar-refractivity contribution in [1.82, 2.24) is 10.2 Å². The SMILES string of the molecule is Cc1ccc(C2C(C(=O)NCC(C)c3ccc(F)cc3)CCC(=O)N2C)cc1. The molecule has 5 heteroatoms. The molecule has 0 aliphatic carbocycles. The van der Waals surface area contributed by atoms with Crippen LogP contribution < -0.4 is 5.32 Å². The lowest BCUT2D eigenvalue weighted by atomic mass is 9.83. The van der Waals surface area contributed by atoms with Gasteiger partial charge in [0.2, 0.25) is 11.8 Å². The van der Waals surface area contributed by atoms with Crippen LogP contribution in [0.2, 0.25) is 0 Å². The van der Waals surface area contributed by atoms with Gasteiger partial charge in [-0.3, -0.25) is 9.59 Å². The van der Waals surface area contributed by atoms with Gasteiger partial charge in [-0.15, -0.1) is 0 Å². The topological polar surface area (TPSA) is 49.4 Å². The number of halogens is 1. The average Bonchev–Trinajstić information content (AvgIpc) is 2.69. The van der Waals surface area contributed by atoms with E-state index in [2.05, 4.69) is 5.32 Å². The first kappa shape index (κ1) is 20.1. The fourth-order valence-electron chi connectivity index (χ4n) is 3.83. The second-order valence-corrected chi connectivity index (χ2v) is 7.70. The van der Waals surface area contributed by atoms with Gasteiger partial charge in [0.1, 0.15) is 5.82 Å². The monoisotopic (exact) mass is 382 g/mol. The van der Waals surface area contributed by atoms with Crippen molar-refractivity contribution in [3.05, 3.63) is 71.0 Å². The molecule has 3 unspecified atom stereocenters. The lowest BCUT2D eigenvalue weighted by molar-refractivity contribution is -0.141. The fraction of sp³-hybridized carbons (Fsp3) is 0.391. The molecule has 1 saturated heterocycles. The van der Waals surface area contributed by atoms with Gasteiger partial charge in [0.25, 0.3) is 0 Å². The van der Waals surface area contributed by atoms with Crippen LogP contribution in [0.15, 0.2) is 48.5 Å². The third-order valence-electron chi connectivity index (χ3n) is 5.64. The van der Waals surface area contributed by atoms with Crippen molar-refractivity contribution in [3.8, 4) is 0 Å². The summed E-state index contributed by atoms with van der Waals surface area (Å²) in [6, 6.07) is 14.1. The van der Waals surface area contributed by atoms with Crippen molar-refractivity contribution in [3.63, 3.8) is 0 Å². The highest BCUT2D eigenvalue weighted by Gasteiger charge is 2.38. The summed E-state index contributed by atoms with van der Waals surface area (Å²) in [5, 5.41) is 3.04. The summed E-state index contributed by atoms with van der Waals surface area (Å²) in [7, 11) is 1.77. The van der Waals surface area contributed by atoms with E-state index in [9.17, 15) is 14.0 Å². The Morgan fingerprint density at radius 2 is 1.82 bits per heavy atom. The van der Waals surface area contributed by atoms with Gasteiger partial charge in [0.05, 0.1) is 12.0 Å².